The van der Waals surface area contributed by atoms with Gasteiger partial charge in [-0.25, -0.2) is 8.42 Å². The van der Waals surface area contributed by atoms with E-state index in [1.807, 2.05) is 0 Å². The highest BCUT2D eigenvalue weighted by atomic mass is 32.2. The highest BCUT2D eigenvalue weighted by Crippen LogP contribution is 2.38. The molecule has 0 aliphatic heterocycles. The van der Waals surface area contributed by atoms with E-state index in [0.717, 1.165) is 45.8 Å². The SMILES string of the molecule is Cc1ccccc1N(CC(=O)Nc1sc2c(c1C(N)=O)CCC2)S(C)(=O)=O. The Hall–Kier alpha value is -2.39. The van der Waals surface area contributed by atoms with E-state index in [9.17, 15) is 18.0 Å². The van der Waals surface area contributed by atoms with Crippen LogP contribution in [0.2, 0.25) is 0 Å². The molecular formula is C18H21N3O4S2. The van der Waals surface area contributed by atoms with Crippen LogP contribution in [0.3, 0.4) is 0 Å². The Morgan fingerprint density at radius 1 is 1.26 bits per heavy atom. The highest BCUT2D eigenvalue weighted by Gasteiger charge is 2.28. The molecule has 0 unspecified atom stereocenters. The van der Waals surface area contributed by atoms with E-state index < -0.39 is 21.8 Å². The number of carbonyl (C=O) groups excluding carboxylic acids is 2. The molecule has 1 aromatic heterocycles. The van der Waals surface area contributed by atoms with E-state index in [4.69, 9.17) is 5.73 Å². The number of nitrogens with zero attached hydrogens (tertiary/aromatic N) is 1. The van der Waals surface area contributed by atoms with Gasteiger partial charge >= 0.3 is 0 Å². The number of para-hydroxylation sites is 1. The third-order valence-electron chi connectivity index (χ3n) is 4.49. The Morgan fingerprint density at radius 2 is 1.96 bits per heavy atom. The minimum atomic E-state index is -3.67. The van der Waals surface area contributed by atoms with Crippen LogP contribution in [0, 0.1) is 6.92 Å². The summed E-state index contributed by atoms with van der Waals surface area (Å²) in [7, 11) is -3.67. The number of nitrogens with one attached hydrogen (secondary N) is 1. The molecule has 7 nitrogen and oxygen atoms in total. The van der Waals surface area contributed by atoms with Crippen molar-refractivity contribution in [2.75, 3.05) is 22.4 Å². The Balaban J connectivity index is 1.86. The molecule has 0 saturated heterocycles. The lowest BCUT2D eigenvalue weighted by Gasteiger charge is -2.23. The smallest absolute Gasteiger partial charge is 0.251 e. The first-order valence-electron chi connectivity index (χ1n) is 8.46. The van der Waals surface area contributed by atoms with Crippen molar-refractivity contribution in [1.29, 1.82) is 0 Å². The molecule has 1 aliphatic rings. The second-order valence-corrected chi connectivity index (χ2v) is 9.54. The number of anilines is 2. The van der Waals surface area contributed by atoms with Crippen LogP contribution in [-0.4, -0.2) is 33.0 Å². The maximum absolute atomic E-state index is 12.6. The molecule has 0 saturated carbocycles. The van der Waals surface area contributed by atoms with Crippen LogP contribution < -0.4 is 15.4 Å². The molecule has 0 bridgehead atoms. The number of primary amides is 1. The van der Waals surface area contributed by atoms with Crippen LogP contribution in [0.5, 0.6) is 0 Å². The van der Waals surface area contributed by atoms with Crippen LogP contribution in [0.25, 0.3) is 0 Å². The third-order valence-corrected chi connectivity index (χ3v) is 6.83. The maximum Gasteiger partial charge on any atom is 0.251 e. The number of thiophene rings is 1. The average Bonchev–Trinajstić information content (AvgIpc) is 3.12. The van der Waals surface area contributed by atoms with Crippen molar-refractivity contribution >= 4 is 43.9 Å². The molecule has 2 amide bonds. The number of fused-ring (bicyclic) bond motifs is 1. The Morgan fingerprint density at radius 3 is 2.59 bits per heavy atom. The summed E-state index contributed by atoms with van der Waals surface area (Å²) < 4.78 is 25.5. The quantitative estimate of drug-likeness (QED) is 0.764. The van der Waals surface area contributed by atoms with Gasteiger partial charge in [-0.1, -0.05) is 18.2 Å². The zero-order chi connectivity index (χ0) is 19.8. The Bertz CT molecular complexity index is 1010. The van der Waals surface area contributed by atoms with Crippen molar-refractivity contribution in [3.63, 3.8) is 0 Å². The van der Waals surface area contributed by atoms with E-state index >= 15 is 0 Å². The number of amides is 2. The minimum Gasteiger partial charge on any atom is -0.365 e. The molecule has 27 heavy (non-hydrogen) atoms. The van der Waals surface area contributed by atoms with E-state index in [1.54, 1.807) is 31.2 Å². The van der Waals surface area contributed by atoms with Gasteiger partial charge in [0.05, 0.1) is 17.5 Å². The van der Waals surface area contributed by atoms with Crippen LogP contribution in [0.15, 0.2) is 24.3 Å². The molecular weight excluding hydrogens is 386 g/mol. The van der Waals surface area contributed by atoms with Crippen molar-refractivity contribution in [3.8, 4) is 0 Å². The van der Waals surface area contributed by atoms with Crippen LogP contribution in [-0.2, 0) is 27.7 Å². The predicted molar refractivity (Wildman–Crippen MR) is 107 cm³/mol. The first kappa shape index (κ1) is 19.4. The van der Waals surface area contributed by atoms with Gasteiger partial charge in [-0.2, -0.15) is 0 Å². The number of rotatable bonds is 6. The van der Waals surface area contributed by atoms with Crippen molar-refractivity contribution in [2.24, 2.45) is 5.73 Å². The van der Waals surface area contributed by atoms with Gasteiger partial charge in [-0.15, -0.1) is 11.3 Å². The van der Waals surface area contributed by atoms with Gasteiger partial charge in [-0.05, 0) is 43.4 Å². The molecule has 3 rings (SSSR count). The average molecular weight is 408 g/mol. The molecule has 1 aromatic carbocycles. The molecule has 144 valence electrons. The first-order valence-corrected chi connectivity index (χ1v) is 11.1. The molecule has 3 N–H and O–H groups in total. The molecule has 9 heteroatoms. The van der Waals surface area contributed by atoms with Gasteiger partial charge in [0.2, 0.25) is 15.9 Å². The molecule has 0 radical (unpaired) electrons. The fourth-order valence-electron chi connectivity index (χ4n) is 3.27. The topological polar surface area (TPSA) is 110 Å². The second kappa shape index (κ2) is 7.32. The van der Waals surface area contributed by atoms with Gasteiger partial charge in [-0.3, -0.25) is 13.9 Å². The van der Waals surface area contributed by atoms with Crippen molar-refractivity contribution in [2.45, 2.75) is 26.2 Å². The molecule has 1 heterocycles. The van der Waals surface area contributed by atoms with E-state index in [0.29, 0.717) is 16.3 Å². The van der Waals surface area contributed by atoms with Crippen LogP contribution >= 0.6 is 11.3 Å². The molecule has 1 aliphatic carbocycles. The highest BCUT2D eigenvalue weighted by molar-refractivity contribution is 7.92. The van der Waals surface area contributed by atoms with Gasteiger partial charge in [0, 0.05) is 4.88 Å². The largest absolute Gasteiger partial charge is 0.365 e. The maximum atomic E-state index is 12.6. The van der Waals surface area contributed by atoms with Crippen molar-refractivity contribution in [3.05, 3.63) is 45.8 Å². The summed E-state index contributed by atoms with van der Waals surface area (Å²) in [5, 5.41) is 3.08. The van der Waals surface area contributed by atoms with Gasteiger partial charge < -0.3 is 11.1 Å². The fourth-order valence-corrected chi connectivity index (χ4v) is 5.50. The number of hydrogen-bond donors (Lipinski definition) is 2. The van der Waals surface area contributed by atoms with Gasteiger partial charge in [0.1, 0.15) is 11.5 Å². The van der Waals surface area contributed by atoms with E-state index in [1.165, 1.54) is 11.3 Å². The van der Waals surface area contributed by atoms with Gasteiger partial charge in [0.15, 0.2) is 0 Å². The summed E-state index contributed by atoms with van der Waals surface area (Å²) in [5.41, 5.74) is 7.94. The second-order valence-electron chi connectivity index (χ2n) is 6.53. The summed E-state index contributed by atoms with van der Waals surface area (Å²) in [6, 6.07) is 6.94. The van der Waals surface area contributed by atoms with Gasteiger partial charge in [0.25, 0.3) is 5.91 Å². The van der Waals surface area contributed by atoms with E-state index in [-0.39, 0.29) is 6.54 Å². The normalized spacial score (nSPS) is 13.3. The lowest BCUT2D eigenvalue weighted by atomic mass is 10.1. The molecule has 0 spiro atoms. The Labute approximate surface area is 162 Å². The molecule has 0 fully saturated rings. The number of carbonyl (C=O) groups is 2. The van der Waals surface area contributed by atoms with Crippen molar-refractivity contribution < 1.29 is 18.0 Å². The first-order chi connectivity index (χ1) is 12.7. The zero-order valence-corrected chi connectivity index (χ0v) is 16.7. The number of sulfonamides is 1. The standard InChI is InChI=1S/C18H21N3O4S2/c1-11-6-3-4-8-13(11)21(27(2,24)25)10-15(22)20-18-16(17(19)23)12-7-5-9-14(12)26-18/h3-4,6,8H,5,7,9-10H2,1-2H3,(H2,19,23)(H,20,22). The summed E-state index contributed by atoms with van der Waals surface area (Å²) in [6.07, 6.45) is 3.64. The summed E-state index contributed by atoms with van der Waals surface area (Å²) >= 11 is 1.34. The number of benzene rings is 1. The predicted octanol–water partition coefficient (Wildman–Crippen LogP) is 2.05. The van der Waals surface area contributed by atoms with Crippen LogP contribution in [0.4, 0.5) is 10.7 Å². The molecule has 2 aromatic rings. The fraction of sp³-hybridized carbons (Fsp3) is 0.333. The number of aryl methyl sites for hydroxylation is 2. The summed E-state index contributed by atoms with van der Waals surface area (Å²) in [4.78, 5) is 25.5. The number of hydrogen-bond acceptors (Lipinski definition) is 5. The zero-order valence-electron chi connectivity index (χ0n) is 15.1. The lowest BCUT2D eigenvalue weighted by molar-refractivity contribution is -0.114. The van der Waals surface area contributed by atoms with E-state index in [2.05, 4.69) is 5.32 Å². The Kier molecular flexibility index (Phi) is 5.25. The lowest BCUT2D eigenvalue weighted by Crippen LogP contribution is -2.38. The van der Waals surface area contributed by atoms with Crippen molar-refractivity contribution in [1.82, 2.24) is 0 Å². The summed E-state index contributed by atoms with van der Waals surface area (Å²) in [5.74, 6) is -1.10. The minimum absolute atomic E-state index is 0.350. The number of nitrogens with two attached hydrogens (primary N) is 1. The van der Waals surface area contributed by atoms with Crippen LogP contribution in [0.1, 0.15) is 32.8 Å². The summed E-state index contributed by atoms with van der Waals surface area (Å²) in [6.45, 7) is 1.39. The third kappa shape index (κ3) is 3.98. The monoisotopic (exact) mass is 407 g/mol. The molecule has 0 atom stereocenters.